The Hall–Kier alpha value is -1.99. The minimum absolute atomic E-state index is 0.0406. The highest BCUT2D eigenvalue weighted by molar-refractivity contribution is 5.80. The summed E-state index contributed by atoms with van der Waals surface area (Å²) in [5.41, 5.74) is 0.756. The lowest BCUT2D eigenvalue weighted by Gasteiger charge is -2.20. The quantitative estimate of drug-likeness (QED) is 0.666. The average Bonchev–Trinajstić information content (AvgIpc) is 3.03. The molecule has 1 aromatic heterocycles. The van der Waals surface area contributed by atoms with Crippen LogP contribution in [0.2, 0.25) is 0 Å². The van der Waals surface area contributed by atoms with E-state index in [2.05, 4.69) is 24.9 Å². The number of hydrogen-bond acceptors (Lipinski definition) is 3. The molecular formula is C15H21F3N4O. The van der Waals surface area contributed by atoms with E-state index in [4.69, 9.17) is 0 Å². The summed E-state index contributed by atoms with van der Waals surface area (Å²) in [5, 5.41) is 3.23. The molecule has 1 aliphatic rings. The number of rotatable bonds is 5. The molecular weight excluding hydrogens is 309 g/mol. The summed E-state index contributed by atoms with van der Waals surface area (Å²) >= 11 is 0. The third kappa shape index (κ3) is 5.96. The first-order chi connectivity index (χ1) is 11.0. The van der Waals surface area contributed by atoms with Gasteiger partial charge in [0.25, 0.3) is 0 Å². The molecule has 0 saturated carbocycles. The van der Waals surface area contributed by atoms with Gasteiger partial charge in [-0.15, -0.1) is 0 Å². The SMILES string of the molecule is CCNC(=NCc1ccnc(OCC(F)(F)F)c1)N1CCCC1. The first-order valence-corrected chi connectivity index (χ1v) is 7.65. The molecule has 1 fully saturated rings. The van der Waals surface area contributed by atoms with Gasteiger partial charge in [0.05, 0.1) is 6.54 Å². The zero-order valence-corrected chi connectivity index (χ0v) is 13.1. The van der Waals surface area contributed by atoms with Gasteiger partial charge in [-0.3, -0.25) is 0 Å². The average molecular weight is 330 g/mol. The Labute approximate surface area is 133 Å². The zero-order chi connectivity index (χ0) is 16.7. The lowest BCUT2D eigenvalue weighted by atomic mass is 10.3. The van der Waals surface area contributed by atoms with Gasteiger partial charge < -0.3 is 15.0 Å². The van der Waals surface area contributed by atoms with Gasteiger partial charge in [0.1, 0.15) is 0 Å². The normalized spacial score (nSPS) is 15.8. The van der Waals surface area contributed by atoms with Gasteiger partial charge >= 0.3 is 6.18 Å². The largest absolute Gasteiger partial charge is 0.468 e. The summed E-state index contributed by atoms with van der Waals surface area (Å²) in [6.07, 6.45) is -0.645. The zero-order valence-electron chi connectivity index (χ0n) is 13.1. The lowest BCUT2D eigenvalue weighted by molar-refractivity contribution is -0.154. The van der Waals surface area contributed by atoms with Crippen LogP contribution < -0.4 is 10.1 Å². The number of halogens is 3. The maximum atomic E-state index is 12.2. The van der Waals surface area contributed by atoms with Crippen LogP contribution in [0.25, 0.3) is 0 Å². The van der Waals surface area contributed by atoms with Crippen LogP contribution >= 0.6 is 0 Å². The van der Waals surface area contributed by atoms with Gasteiger partial charge in [0, 0.05) is 31.9 Å². The molecule has 1 aromatic rings. The second kappa shape index (κ2) is 8.03. The monoisotopic (exact) mass is 330 g/mol. The second-order valence-electron chi connectivity index (χ2n) is 5.27. The molecule has 0 aromatic carbocycles. The summed E-state index contributed by atoms with van der Waals surface area (Å²) in [6.45, 7) is 3.74. The van der Waals surface area contributed by atoms with Crippen molar-refractivity contribution in [2.24, 2.45) is 4.99 Å². The highest BCUT2D eigenvalue weighted by atomic mass is 19.4. The van der Waals surface area contributed by atoms with E-state index in [-0.39, 0.29) is 5.88 Å². The van der Waals surface area contributed by atoms with Crippen molar-refractivity contribution in [2.45, 2.75) is 32.5 Å². The molecule has 1 N–H and O–H groups in total. The molecule has 0 atom stereocenters. The Balaban J connectivity index is 1.99. The van der Waals surface area contributed by atoms with E-state index in [1.165, 1.54) is 12.3 Å². The smallest absolute Gasteiger partial charge is 0.422 e. The van der Waals surface area contributed by atoms with Crippen LogP contribution in [0.5, 0.6) is 5.88 Å². The van der Waals surface area contributed by atoms with E-state index in [0.29, 0.717) is 6.54 Å². The second-order valence-corrected chi connectivity index (χ2v) is 5.27. The van der Waals surface area contributed by atoms with Crippen LogP contribution in [-0.4, -0.2) is 48.3 Å². The van der Waals surface area contributed by atoms with E-state index in [1.54, 1.807) is 6.07 Å². The molecule has 128 valence electrons. The summed E-state index contributed by atoms with van der Waals surface area (Å²) < 4.78 is 41.1. The minimum atomic E-state index is -4.37. The number of ether oxygens (including phenoxy) is 1. The molecule has 0 bridgehead atoms. The summed E-state index contributed by atoms with van der Waals surface area (Å²) in [5.74, 6) is 0.792. The number of nitrogens with one attached hydrogen (secondary N) is 1. The van der Waals surface area contributed by atoms with Gasteiger partial charge in [0.15, 0.2) is 12.6 Å². The van der Waals surface area contributed by atoms with Gasteiger partial charge in [-0.25, -0.2) is 9.98 Å². The van der Waals surface area contributed by atoms with Crippen molar-refractivity contribution in [1.82, 2.24) is 15.2 Å². The number of aliphatic imine (C=N–C) groups is 1. The summed E-state index contributed by atoms with van der Waals surface area (Å²) in [4.78, 5) is 10.5. The Morgan fingerprint density at radius 1 is 1.39 bits per heavy atom. The van der Waals surface area contributed by atoms with Crippen LogP contribution in [0, 0.1) is 0 Å². The number of aromatic nitrogens is 1. The number of guanidine groups is 1. The molecule has 1 saturated heterocycles. The Bertz CT molecular complexity index is 528. The van der Waals surface area contributed by atoms with E-state index in [9.17, 15) is 13.2 Å². The summed E-state index contributed by atoms with van der Waals surface area (Å²) in [7, 11) is 0. The molecule has 23 heavy (non-hydrogen) atoms. The molecule has 0 radical (unpaired) electrons. The Morgan fingerprint density at radius 3 is 2.78 bits per heavy atom. The fourth-order valence-corrected chi connectivity index (χ4v) is 2.30. The fraction of sp³-hybridized carbons (Fsp3) is 0.600. The number of pyridine rings is 1. The molecule has 2 heterocycles. The van der Waals surface area contributed by atoms with E-state index >= 15 is 0 Å². The molecule has 8 heteroatoms. The van der Waals surface area contributed by atoms with E-state index in [0.717, 1.165) is 44.0 Å². The number of nitrogens with zero attached hydrogens (tertiary/aromatic N) is 3. The molecule has 0 unspecified atom stereocenters. The molecule has 1 aliphatic heterocycles. The fourth-order valence-electron chi connectivity index (χ4n) is 2.30. The summed E-state index contributed by atoms with van der Waals surface area (Å²) in [6, 6.07) is 3.21. The highest BCUT2D eigenvalue weighted by Gasteiger charge is 2.28. The standard InChI is InChI=1S/C15H21F3N4O/c1-2-19-14(22-7-3-4-8-22)21-10-12-5-6-20-13(9-12)23-11-15(16,17)18/h5-6,9H,2-4,7-8,10-11H2,1H3,(H,19,21). The van der Waals surface area contributed by atoms with Crippen LogP contribution in [0.1, 0.15) is 25.3 Å². The van der Waals surface area contributed by atoms with Crippen LogP contribution in [0.3, 0.4) is 0 Å². The lowest BCUT2D eigenvalue weighted by Crippen LogP contribution is -2.39. The third-order valence-electron chi connectivity index (χ3n) is 3.33. The molecule has 0 amide bonds. The predicted octanol–water partition coefficient (Wildman–Crippen LogP) is 2.58. The third-order valence-corrected chi connectivity index (χ3v) is 3.33. The van der Waals surface area contributed by atoms with Crippen molar-refractivity contribution in [1.29, 1.82) is 0 Å². The van der Waals surface area contributed by atoms with Crippen LogP contribution in [-0.2, 0) is 6.54 Å². The Kier molecular flexibility index (Phi) is 6.06. The van der Waals surface area contributed by atoms with Crippen molar-refractivity contribution < 1.29 is 17.9 Å². The number of alkyl halides is 3. The molecule has 0 spiro atoms. The Morgan fingerprint density at radius 2 is 2.13 bits per heavy atom. The van der Waals surface area contributed by atoms with Crippen molar-refractivity contribution in [3.63, 3.8) is 0 Å². The first kappa shape index (κ1) is 17.4. The van der Waals surface area contributed by atoms with Crippen molar-refractivity contribution in [3.05, 3.63) is 23.9 Å². The van der Waals surface area contributed by atoms with Crippen molar-refractivity contribution in [2.75, 3.05) is 26.2 Å². The van der Waals surface area contributed by atoms with Gasteiger partial charge in [-0.2, -0.15) is 13.2 Å². The molecule has 2 rings (SSSR count). The van der Waals surface area contributed by atoms with Crippen LogP contribution in [0.4, 0.5) is 13.2 Å². The topological polar surface area (TPSA) is 49.8 Å². The van der Waals surface area contributed by atoms with E-state index < -0.39 is 12.8 Å². The number of likely N-dealkylation sites (tertiary alicyclic amines) is 1. The van der Waals surface area contributed by atoms with E-state index in [1.807, 2.05) is 6.92 Å². The van der Waals surface area contributed by atoms with Crippen molar-refractivity contribution in [3.8, 4) is 5.88 Å². The minimum Gasteiger partial charge on any atom is -0.468 e. The van der Waals surface area contributed by atoms with Crippen molar-refractivity contribution >= 4 is 5.96 Å². The van der Waals surface area contributed by atoms with Gasteiger partial charge in [0.2, 0.25) is 5.88 Å². The maximum absolute atomic E-state index is 12.2. The molecule has 5 nitrogen and oxygen atoms in total. The van der Waals surface area contributed by atoms with Gasteiger partial charge in [-0.05, 0) is 31.4 Å². The molecule has 0 aliphatic carbocycles. The van der Waals surface area contributed by atoms with Crippen LogP contribution in [0.15, 0.2) is 23.3 Å². The highest BCUT2D eigenvalue weighted by Crippen LogP contribution is 2.18. The first-order valence-electron chi connectivity index (χ1n) is 7.65. The number of hydrogen-bond donors (Lipinski definition) is 1. The predicted molar refractivity (Wildman–Crippen MR) is 81.4 cm³/mol. The maximum Gasteiger partial charge on any atom is 0.422 e. The van der Waals surface area contributed by atoms with Gasteiger partial charge in [-0.1, -0.05) is 0 Å².